The zero-order valence-electron chi connectivity index (χ0n) is 13.6. The van der Waals surface area contributed by atoms with E-state index in [2.05, 4.69) is 11.4 Å². The van der Waals surface area contributed by atoms with Gasteiger partial charge in [0.25, 0.3) is 0 Å². The molecule has 3 aromatic carbocycles. The van der Waals surface area contributed by atoms with E-state index in [1.807, 2.05) is 79.7 Å². The first-order chi connectivity index (χ1) is 11.6. The lowest BCUT2D eigenvalue weighted by molar-refractivity contribution is -0.117. The summed E-state index contributed by atoms with van der Waals surface area (Å²) >= 11 is 0. The quantitative estimate of drug-likeness (QED) is 0.754. The third kappa shape index (κ3) is 3.53. The minimum Gasteiger partial charge on any atom is -0.324 e. The Morgan fingerprint density at radius 2 is 1.50 bits per heavy atom. The second-order valence-electron chi connectivity index (χ2n) is 5.77. The van der Waals surface area contributed by atoms with Crippen LogP contribution in [0.2, 0.25) is 0 Å². The van der Waals surface area contributed by atoms with Crippen LogP contribution in [0.3, 0.4) is 0 Å². The Bertz CT molecular complexity index is 829. The summed E-state index contributed by atoms with van der Waals surface area (Å²) in [6.07, 6.45) is 0. The van der Waals surface area contributed by atoms with Crippen LogP contribution in [-0.4, -0.2) is 5.91 Å². The predicted molar refractivity (Wildman–Crippen MR) is 98.6 cm³/mol. The van der Waals surface area contributed by atoms with Crippen molar-refractivity contribution in [1.29, 1.82) is 0 Å². The molecule has 3 N–H and O–H groups in total. The molecule has 0 fully saturated rings. The van der Waals surface area contributed by atoms with Gasteiger partial charge in [-0.2, -0.15) is 0 Å². The van der Waals surface area contributed by atoms with Crippen LogP contribution in [0, 0.1) is 6.92 Å². The molecule has 24 heavy (non-hydrogen) atoms. The van der Waals surface area contributed by atoms with Crippen molar-refractivity contribution in [3.05, 3.63) is 90.0 Å². The zero-order chi connectivity index (χ0) is 16.9. The number of nitrogens with one attached hydrogen (secondary N) is 1. The highest BCUT2D eigenvalue weighted by Gasteiger charge is 2.16. The number of carbonyl (C=O) groups is 1. The van der Waals surface area contributed by atoms with Gasteiger partial charge in [0.2, 0.25) is 5.91 Å². The Kier molecular flexibility index (Phi) is 4.73. The van der Waals surface area contributed by atoms with E-state index in [-0.39, 0.29) is 5.91 Å². The molecule has 0 spiro atoms. The molecule has 1 atom stereocenters. The van der Waals surface area contributed by atoms with E-state index in [0.717, 1.165) is 27.9 Å². The van der Waals surface area contributed by atoms with Crippen molar-refractivity contribution in [2.75, 3.05) is 5.32 Å². The number of benzene rings is 3. The Hall–Kier alpha value is -2.91. The highest BCUT2D eigenvalue weighted by Crippen LogP contribution is 2.26. The number of hydrogen-bond donors (Lipinski definition) is 2. The van der Waals surface area contributed by atoms with Crippen LogP contribution in [0.1, 0.15) is 17.2 Å². The van der Waals surface area contributed by atoms with Crippen molar-refractivity contribution in [2.24, 2.45) is 5.73 Å². The number of carbonyl (C=O) groups excluding carboxylic acids is 1. The van der Waals surface area contributed by atoms with Crippen molar-refractivity contribution in [2.45, 2.75) is 13.0 Å². The Morgan fingerprint density at radius 1 is 0.875 bits per heavy atom. The molecule has 1 amide bonds. The fraction of sp³-hybridized carbons (Fsp3) is 0.0952. The molecule has 0 aliphatic carbocycles. The summed E-state index contributed by atoms with van der Waals surface area (Å²) in [4.78, 5) is 12.5. The van der Waals surface area contributed by atoms with Crippen molar-refractivity contribution in [3.8, 4) is 11.1 Å². The van der Waals surface area contributed by atoms with Gasteiger partial charge in [-0.1, -0.05) is 72.8 Å². The van der Waals surface area contributed by atoms with Crippen molar-refractivity contribution >= 4 is 11.6 Å². The summed E-state index contributed by atoms with van der Waals surface area (Å²) in [5.74, 6) is -0.213. The normalized spacial score (nSPS) is 11.8. The molecule has 0 bridgehead atoms. The molecule has 120 valence electrons. The van der Waals surface area contributed by atoms with E-state index >= 15 is 0 Å². The number of rotatable bonds is 4. The lowest BCUT2D eigenvalue weighted by atomic mass is 10.0. The Morgan fingerprint density at radius 3 is 2.17 bits per heavy atom. The summed E-state index contributed by atoms with van der Waals surface area (Å²) < 4.78 is 0. The molecule has 1 unspecified atom stereocenters. The third-order valence-corrected chi connectivity index (χ3v) is 4.04. The average Bonchev–Trinajstić information content (AvgIpc) is 2.64. The van der Waals surface area contributed by atoms with Gasteiger partial charge in [-0.25, -0.2) is 0 Å². The molecular weight excluding hydrogens is 296 g/mol. The van der Waals surface area contributed by atoms with Crippen LogP contribution in [-0.2, 0) is 4.79 Å². The minimum absolute atomic E-state index is 0.213. The minimum atomic E-state index is -0.689. The molecule has 3 nitrogen and oxygen atoms in total. The lowest BCUT2D eigenvalue weighted by Crippen LogP contribution is -2.27. The van der Waals surface area contributed by atoms with E-state index in [9.17, 15) is 4.79 Å². The topological polar surface area (TPSA) is 55.1 Å². The van der Waals surface area contributed by atoms with Crippen LogP contribution < -0.4 is 11.1 Å². The first kappa shape index (κ1) is 16.0. The third-order valence-electron chi connectivity index (χ3n) is 4.04. The SMILES string of the molecule is Cc1ccc(-c2ccccc2)cc1NC(=O)C(N)c1ccccc1. The maximum absolute atomic E-state index is 12.5. The van der Waals surface area contributed by atoms with Gasteiger partial charge in [0.15, 0.2) is 0 Å². The molecule has 0 aliphatic heterocycles. The van der Waals surface area contributed by atoms with Crippen LogP contribution in [0.4, 0.5) is 5.69 Å². The predicted octanol–water partition coefficient (Wildman–Crippen LogP) is 4.30. The Labute approximate surface area is 142 Å². The van der Waals surface area contributed by atoms with E-state index in [0.29, 0.717) is 0 Å². The largest absolute Gasteiger partial charge is 0.324 e. The number of anilines is 1. The molecular formula is C21H20N2O. The van der Waals surface area contributed by atoms with Gasteiger partial charge >= 0.3 is 0 Å². The summed E-state index contributed by atoms with van der Waals surface area (Å²) in [6.45, 7) is 1.97. The Balaban J connectivity index is 1.83. The van der Waals surface area contributed by atoms with Gasteiger partial charge in [-0.3, -0.25) is 4.79 Å². The lowest BCUT2D eigenvalue weighted by Gasteiger charge is -2.15. The van der Waals surface area contributed by atoms with Gasteiger partial charge in [0.1, 0.15) is 6.04 Å². The highest BCUT2D eigenvalue weighted by atomic mass is 16.2. The van der Waals surface area contributed by atoms with E-state index < -0.39 is 6.04 Å². The van der Waals surface area contributed by atoms with E-state index in [1.165, 1.54) is 0 Å². The molecule has 0 aliphatic rings. The molecule has 3 aromatic rings. The maximum Gasteiger partial charge on any atom is 0.245 e. The molecule has 0 aromatic heterocycles. The fourth-order valence-electron chi connectivity index (χ4n) is 2.59. The van der Waals surface area contributed by atoms with Gasteiger partial charge < -0.3 is 11.1 Å². The van der Waals surface area contributed by atoms with Crippen LogP contribution in [0.5, 0.6) is 0 Å². The van der Waals surface area contributed by atoms with Gasteiger partial charge in [0, 0.05) is 5.69 Å². The summed E-state index contributed by atoms with van der Waals surface area (Å²) in [5, 5.41) is 2.95. The van der Waals surface area contributed by atoms with Crippen LogP contribution in [0.15, 0.2) is 78.9 Å². The highest BCUT2D eigenvalue weighted by molar-refractivity contribution is 5.96. The smallest absolute Gasteiger partial charge is 0.245 e. The van der Waals surface area contributed by atoms with Crippen molar-refractivity contribution < 1.29 is 4.79 Å². The van der Waals surface area contributed by atoms with Gasteiger partial charge in [0.05, 0.1) is 0 Å². The number of aryl methyl sites for hydroxylation is 1. The summed E-state index contributed by atoms with van der Waals surface area (Å²) in [5.41, 5.74) is 10.8. The number of hydrogen-bond acceptors (Lipinski definition) is 2. The average molecular weight is 316 g/mol. The zero-order valence-corrected chi connectivity index (χ0v) is 13.6. The maximum atomic E-state index is 12.5. The summed E-state index contributed by atoms with van der Waals surface area (Å²) in [6, 6.07) is 24.8. The molecule has 3 heteroatoms. The molecule has 0 saturated carbocycles. The van der Waals surface area contributed by atoms with E-state index in [1.54, 1.807) is 0 Å². The summed E-state index contributed by atoms with van der Waals surface area (Å²) in [7, 11) is 0. The molecule has 0 heterocycles. The first-order valence-corrected chi connectivity index (χ1v) is 7.92. The standard InChI is InChI=1S/C21H20N2O/c1-15-12-13-18(16-8-4-2-5-9-16)14-19(15)23-21(24)20(22)17-10-6-3-7-11-17/h2-14,20H,22H2,1H3,(H,23,24). The van der Waals surface area contributed by atoms with Gasteiger partial charge in [-0.05, 0) is 35.2 Å². The van der Waals surface area contributed by atoms with Crippen molar-refractivity contribution in [3.63, 3.8) is 0 Å². The second-order valence-corrected chi connectivity index (χ2v) is 5.77. The van der Waals surface area contributed by atoms with Crippen molar-refractivity contribution in [1.82, 2.24) is 0 Å². The first-order valence-electron chi connectivity index (χ1n) is 7.92. The molecule has 0 radical (unpaired) electrons. The van der Waals surface area contributed by atoms with E-state index in [4.69, 9.17) is 5.73 Å². The monoisotopic (exact) mass is 316 g/mol. The number of amides is 1. The fourth-order valence-corrected chi connectivity index (χ4v) is 2.59. The van der Waals surface area contributed by atoms with Crippen LogP contribution in [0.25, 0.3) is 11.1 Å². The molecule has 3 rings (SSSR count). The second kappa shape index (κ2) is 7.11. The molecule has 0 saturated heterocycles. The van der Waals surface area contributed by atoms with Crippen LogP contribution >= 0.6 is 0 Å². The van der Waals surface area contributed by atoms with Gasteiger partial charge in [-0.15, -0.1) is 0 Å². The number of nitrogens with two attached hydrogens (primary N) is 1.